The summed E-state index contributed by atoms with van der Waals surface area (Å²) in [5, 5.41) is 12.6. The smallest absolute Gasteiger partial charge is 0.253 e. The van der Waals surface area contributed by atoms with Crippen LogP contribution in [0.2, 0.25) is 0 Å². The molecule has 0 aromatic heterocycles. The van der Waals surface area contributed by atoms with Crippen molar-refractivity contribution in [1.82, 2.24) is 10.2 Å². The summed E-state index contributed by atoms with van der Waals surface area (Å²) < 4.78 is 0. The van der Waals surface area contributed by atoms with Crippen molar-refractivity contribution < 1.29 is 14.7 Å². The number of hydrogen-bond donors (Lipinski definition) is 2. The number of aliphatic hydroxyl groups is 1. The second-order valence-electron chi connectivity index (χ2n) is 5.90. The molecule has 5 nitrogen and oxygen atoms in total. The van der Waals surface area contributed by atoms with Crippen LogP contribution in [0.5, 0.6) is 0 Å². The van der Waals surface area contributed by atoms with Crippen molar-refractivity contribution in [3.8, 4) is 0 Å². The highest BCUT2D eigenvalue weighted by molar-refractivity contribution is 5.94. The Morgan fingerprint density at radius 3 is 2.33 bits per heavy atom. The minimum atomic E-state index is -0.654. The van der Waals surface area contributed by atoms with Gasteiger partial charge in [0.05, 0.1) is 5.60 Å². The first-order chi connectivity index (χ1) is 9.87. The van der Waals surface area contributed by atoms with Crippen molar-refractivity contribution in [3.05, 3.63) is 35.4 Å². The van der Waals surface area contributed by atoms with Gasteiger partial charge in [0.15, 0.2) is 0 Å². The van der Waals surface area contributed by atoms with E-state index in [0.29, 0.717) is 38.0 Å². The molecule has 1 aromatic carbocycles. The molecule has 1 aliphatic rings. The van der Waals surface area contributed by atoms with E-state index in [1.165, 1.54) is 6.92 Å². The lowest BCUT2D eigenvalue weighted by molar-refractivity contribution is -0.119. The van der Waals surface area contributed by atoms with Gasteiger partial charge in [-0.3, -0.25) is 9.59 Å². The predicted molar refractivity (Wildman–Crippen MR) is 79.7 cm³/mol. The molecule has 2 rings (SSSR count). The van der Waals surface area contributed by atoms with Crippen LogP contribution in [0.3, 0.4) is 0 Å². The van der Waals surface area contributed by atoms with Gasteiger partial charge in [-0.05, 0) is 37.5 Å². The average molecular weight is 290 g/mol. The minimum absolute atomic E-state index is 0.00317. The van der Waals surface area contributed by atoms with E-state index in [0.717, 1.165) is 5.56 Å². The number of hydrogen-bond acceptors (Lipinski definition) is 3. The van der Waals surface area contributed by atoms with E-state index in [4.69, 9.17) is 0 Å². The largest absolute Gasteiger partial charge is 0.390 e. The highest BCUT2D eigenvalue weighted by Gasteiger charge is 2.29. The van der Waals surface area contributed by atoms with Gasteiger partial charge in [-0.15, -0.1) is 0 Å². The second kappa shape index (κ2) is 6.26. The summed E-state index contributed by atoms with van der Waals surface area (Å²) in [4.78, 5) is 25.0. The molecule has 0 unspecified atom stereocenters. The number of carbonyl (C=O) groups is 2. The molecular weight excluding hydrogens is 268 g/mol. The monoisotopic (exact) mass is 290 g/mol. The number of amides is 2. The van der Waals surface area contributed by atoms with Gasteiger partial charge in [-0.1, -0.05) is 12.1 Å². The number of rotatable bonds is 3. The summed E-state index contributed by atoms with van der Waals surface area (Å²) in [6.45, 7) is 4.92. The van der Waals surface area contributed by atoms with E-state index in [9.17, 15) is 14.7 Å². The van der Waals surface area contributed by atoms with Crippen LogP contribution >= 0.6 is 0 Å². The zero-order valence-electron chi connectivity index (χ0n) is 12.6. The van der Waals surface area contributed by atoms with Crippen molar-refractivity contribution in [2.24, 2.45) is 0 Å². The van der Waals surface area contributed by atoms with Crippen LogP contribution in [0, 0.1) is 0 Å². The Morgan fingerprint density at radius 2 is 1.81 bits per heavy atom. The second-order valence-corrected chi connectivity index (χ2v) is 5.90. The molecule has 2 amide bonds. The van der Waals surface area contributed by atoms with Crippen LogP contribution in [-0.2, 0) is 11.3 Å². The summed E-state index contributed by atoms with van der Waals surface area (Å²) in [6.07, 6.45) is 1.22. The van der Waals surface area contributed by atoms with E-state index in [1.807, 2.05) is 19.1 Å². The number of likely N-dealkylation sites (tertiary alicyclic amines) is 1. The van der Waals surface area contributed by atoms with E-state index in [-0.39, 0.29) is 11.8 Å². The lowest BCUT2D eigenvalue weighted by atomic mass is 9.93. The highest BCUT2D eigenvalue weighted by Crippen LogP contribution is 2.22. The fourth-order valence-corrected chi connectivity index (χ4v) is 2.37. The molecule has 21 heavy (non-hydrogen) atoms. The summed E-state index contributed by atoms with van der Waals surface area (Å²) in [5.41, 5.74) is 0.949. The van der Waals surface area contributed by atoms with Gasteiger partial charge < -0.3 is 15.3 Å². The maximum atomic E-state index is 12.4. The van der Waals surface area contributed by atoms with Crippen molar-refractivity contribution >= 4 is 11.8 Å². The summed E-state index contributed by atoms with van der Waals surface area (Å²) in [6, 6.07) is 7.27. The number of nitrogens with zero attached hydrogens (tertiary/aromatic N) is 1. The van der Waals surface area contributed by atoms with Crippen molar-refractivity contribution in [2.75, 3.05) is 13.1 Å². The Labute approximate surface area is 125 Å². The fraction of sp³-hybridized carbons (Fsp3) is 0.500. The average Bonchev–Trinajstić information content (AvgIpc) is 2.45. The molecule has 114 valence electrons. The van der Waals surface area contributed by atoms with Gasteiger partial charge in [0.1, 0.15) is 0 Å². The van der Waals surface area contributed by atoms with Gasteiger partial charge in [0.25, 0.3) is 5.91 Å². The van der Waals surface area contributed by atoms with Crippen LogP contribution in [0.15, 0.2) is 24.3 Å². The van der Waals surface area contributed by atoms with Crippen LogP contribution in [0.25, 0.3) is 0 Å². The summed E-state index contributed by atoms with van der Waals surface area (Å²) >= 11 is 0. The molecule has 0 saturated carbocycles. The molecule has 5 heteroatoms. The molecule has 0 spiro atoms. The van der Waals surface area contributed by atoms with Gasteiger partial charge in [-0.2, -0.15) is 0 Å². The summed E-state index contributed by atoms with van der Waals surface area (Å²) in [5.74, 6) is -0.0768. The topological polar surface area (TPSA) is 69.6 Å². The van der Waals surface area contributed by atoms with E-state index in [1.54, 1.807) is 17.0 Å². The highest BCUT2D eigenvalue weighted by atomic mass is 16.3. The zero-order chi connectivity index (χ0) is 15.5. The molecule has 0 radical (unpaired) electrons. The standard InChI is InChI=1S/C16H22N2O3/c1-12(19)17-11-13-3-5-14(6-4-13)15(20)18-9-7-16(2,21)8-10-18/h3-6,21H,7-11H2,1-2H3,(H,17,19). The Morgan fingerprint density at radius 1 is 1.24 bits per heavy atom. The number of carbonyl (C=O) groups excluding carboxylic acids is 2. The molecule has 1 aromatic rings. The fourth-order valence-electron chi connectivity index (χ4n) is 2.37. The third kappa shape index (κ3) is 4.29. The predicted octanol–water partition coefficient (Wildman–Crippen LogP) is 1.31. The molecule has 0 atom stereocenters. The first-order valence-corrected chi connectivity index (χ1v) is 7.22. The SMILES string of the molecule is CC(=O)NCc1ccc(C(=O)N2CCC(C)(O)CC2)cc1. The quantitative estimate of drug-likeness (QED) is 0.882. The third-order valence-electron chi connectivity index (χ3n) is 3.87. The van der Waals surface area contributed by atoms with E-state index in [2.05, 4.69) is 5.32 Å². The Hall–Kier alpha value is -1.88. The van der Waals surface area contributed by atoms with Gasteiger partial charge in [-0.25, -0.2) is 0 Å². The molecule has 1 aliphatic heterocycles. The number of benzene rings is 1. The molecule has 1 heterocycles. The lowest BCUT2D eigenvalue weighted by Crippen LogP contribution is -2.45. The maximum absolute atomic E-state index is 12.4. The van der Waals surface area contributed by atoms with Crippen LogP contribution in [-0.4, -0.2) is 40.5 Å². The first-order valence-electron chi connectivity index (χ1n) is 7.22. The Kier molecular flexibility index (Phi) is 4.63. The van der Waals surface area contributed by atoms with Gasteiger partial charge in [0, 0.05) is 32.1 Å². The first kappa shape index (κ1) is 15.5. The molecule has 0 bridgehead atoms. The van der Waals surface area contributed by atoms with Crippen molar-refractivity contribution in [3.63, 3.8) is 0 Å². The maximum Gasteiger partial charge on any atom is 0.253 e. The lowest BCUT2D eigenvalue weighted by Gasteiger charge is -2.35. The third-order valence-corrected chi connectivity index (χ3v) is 3.87. The molecule has 0 aliphatic carbocycles. The van der Waals surface area contributed by atoms with Crippen molar-refractivity contribution in [1.29, 1.82) is 0 Å². The van der Waals surface area contributed by atoms with E-state index >= 15 is 0 Å². The van der Waals surface area contributed by atoms with Crippen LogP contribution in [0.4, 0.5) is 0 Å². The minimum Gasteiger partial charge on any atom is -0.390 e. The molecule has 2 N–H and O–H groups in total. The molecular formula is C16H22N2O3. The van der Waals surface area contributed by atoms with Gasteiger partial charge in [0.2, 0.25) is 5.91 Å². The Bertz CT molecular complexity index is 513. The van der Waals surface area contributed by atoms with Gasteiger partial charge >= 0.3 is 0 Å². The molecule has 1 saturated heterocycles. The normalized spacial score (nSPS) is 17.4. The van der Waals surface area contributed by atoms with Crippen LogP contribution in [0.1, 0.15) is 42.6 Å². The van der Waals surface area contributed by atoms with Crippen molar-refractivity contribution in [2.45, 2.75) is 38.8 Å². The summed E-state index contributed by atoms with van der Waals surface area (Å²) in [7, 11) is 0. The Balaban J connectivity index is 1.95. The number of piperidine rings is 1. The van der Waals surface area contributed by atoms with Crippen LogP contribution < -0.4 is 5.32 Å². The molecule has 1 fully saturated rings. The number of nitrogens with one attached hydrogen (secondary N) is 1. The zero-order valence-corrected chi connectivity index (χ0v) is 12.6. The van der Waals surface area contributed by atoms with E-state index < -0.39 is 5.60 Å².